The van der Waals surface area contributed by atoms with E-state index in [0.29, 0.717) is 0 Å². The highest BCUT2D eigenvalue weighted by molar-refractivity contribution is 5.89. The summed E-state index contributed by atoms with van der Waals surface area (Å²) >= 11 is 0. The van der Waals surface area contributed by atoms with Gasteiger partial charge in [0.05, 0.1) is 18.8 Å². The van der Waals surface area contributed by atoms with E-state index >= 15 is 0 Å². The Morgan fingerprint density at radius 1 is 0.829 bits per heavy atom. The van der Waals surface area contributed by atoms with Crippen LogP contribution in [-0.4, -0.2) is 113 Å². The Bertz CT molecular complexity index is 1490. The van der Waals surface area contributed by atoms with Gasteiger partial charge in [-0.2, -0.15) is 0 Å². The molecule has 5 rings (SSSR count). The Morgan fingerprint density at radius 2 is 1.56 bits per heavy atom. The van der Waals surface area contributed by atoms with Crippen molar-refractivity contribution in [1.82, 2.24) is 0 Å². The van der Waals surface area contributed by atoms with E-state index in [9.17, 15) is 55.9 Å². The second-order valence-corrected chi connectivity index (χ2v) is 9.82. The summed E-state index contributed by atoms with van der Waals surface area (Å²) in [5.41, 5.74) is -1.53. The van der Waals surface area contributed by atoms with Crippen molar-refractivity contribution in [3.05, 3.63) is 46.1 Å². The summed E-state index contributed by atoms with van der Waals surface area (Å²) < 4.78 is 22.6. The summed E-state index contributed by atoms with van der Waals surface area (Å²) in [6.45, 7) is -1.28. The Kier molecular flexibility index (Phi) is 7.82. The fourth-order valence-corrected chi connectivity index (χ4v) is 4.94. The molecule has 3 heterocycles. The summed E-state index contributed by atoms with van der Waals surface area (Å²) in [6, 6.07) is 5.33. The molecule has 1 aromatic heterocycles. The van der Waals surface area contributed by atoms with Crippen molar-refractivity contribution in [2.75, 3.05) is 13.2 Å². The van der Waals surface area contributed by atoms with Gasteiger partial charge in [0.2, 0.25) is 0 Å². The van der Waals surface area contributed by atoms with E-state index in [-0.39, 0.29) is 16.9 Å². The van der Waals surface area contributed by atoms with Crippen LogP contribution in [0.25, 0.3) is 22.3 Å². The number of aliphatic hydroxyl groups is 6. The minimum absolute atomic E-state index is 0.111. The van der Waals surface area contributed by atoms with Gasteiger partial charge in [0.1, 0.15) is 71.5 Å². The molecule has 2 fully saturated rings. The zero-order chi connectivity index (χ0) is 29.7. The first-order valence-corrected chi connectivity index (χ1v) is 12.4. The molecular formula is C26H28O15. The Labute approximate surface area is 229 Å². The highest BCUT2D eigenvalue weighted by Gasteiger charge is 2.50. The van der Waals surface area contributed by atoms with E-state index in [2.05, 4.69) is 0 Å². The average Bonchev–Trinajstić information content (AvgIpc) is 2.93. The number of hydrogen-bond acceptors (Lipinski definition) is 15. The zero-order valence-electron chi connectivity index (χ0n) is 21.0. The number of phenols is 4. The lowest BCUT2D eigenvalue weighted by atomic mass is 9.89. The number of fused-ring (bicyclic) bond motifs is 1. The van der Waals surface area contributed by atoms with E-state index in [0.717, 1.165) is 24.3 Å². The smallest absolute Gasteiger partial charge is 0.197 e. The summed E-state index contributed by atoms with van der Waals surface area (Å²) in [7, 11) is 0. The molecule has 41 heavy (non-hydrogen) atoms. The molecule has 15 nitrogen and oxygen atoms in total. The van der Waals surface area contributed by atoms with Gasteiger partial charge in [-0.25, -0.2) is 0 Å². The molecule has 3 aromatic rings. The minimum Gasteiger partial charge on any atom is -0.507 e. The molecule has 222 valence electrons. The summed E-state index contributed by atoms with van der Waals surface area (Å²) in [4.78, 5) is 13.1. The SMILES string of the molecule is O=c1cc(-c2ccc(O)c(O)c2)oc2c([C@@H]3O[C@H](CO)[C@@H](O)[C@H](O)[C@H]3O[C@@H]3OC[C@@H](O)[C@H](O)[C@H]3O)c(O)cc(O)c12. The van der Waals surface area contributed by atoms with Gasteiger partial charge in [-0.1, -0.05) is 0 Å². The first kappa shape index (κ1) is 29.0. The molecule has 0 spiro atoms. The molecule has 2 aromatic carbocycles. The topological polar surface area (TPSA) is 260 Å². The fourth-order valence-electron chi connectivity index (χ4n) is 4.94. The maximum atomic E-state index is 13.1. The second-order valence-electron chi connectivity index (χ2n) is 9.82. The van der Waals surface area contributed by atoms with Crippen LogP contribution in [0.4, 0.5) is 0 Å². The maximum Gasteiger partial charge on any atom is 0.197 e. The zero-order valence-corrected chi connectivity index (χ0v) is 21.0. The summed E-state index contributed by atoms with van der Waals surface area (Å²) in [5, 5.41) is 102. The van der Waals surface area contributed by atoms with Crippen LogP contribution in [-0.2, 0) is 14.2 Å². The number of aliphatic hydroxyl groups excluding tert-OH is 6. The van der Waals surface area contributed by atoms with Crippen molar-refractivity contribution in [1.29, 1.82) is 0 Å². The van der Waals surface area contributed by atoms with Crippen molar-refractivity contribution in [3.63, 3.8) is 0 Å². The molecule has 0 saturated carbocycles. The lowest BCUT2D eigenvalue weighted by Crippen LogP contribution is -2.60. The first-order valence-electron chi connectivity index (χ1n) is 12.4. The summed E-state index contributed by atoms with van der Waals surface area (Å²) in [6.07, 6.45) is -15.1. The van der Waals surface area contributed by atoms with Gasteiger partial charge in [-0.05, 0) is 18.2 Å². The average molecular weight is 580 g/mol. The molecule has 9 atom stereocenters. The van der Waals surface area contributed by atoms with Crippen molar-refractivity contribution in [3.8, 4) is 34.3 Å². The Hall–Kier alpha value is -3.51. The van der Waals surface area contributed by atoms with Gasteiger partial charge in [0.25, 0.3) is 0 Å². The van der Waals surface area contributed by atoms with Crippen LogP contribution >= 0.6 is 0 Å². The third-order valence-corrected chi connectivity index (χ3v) is 7.15. The van der Waals surface area contributed by atoms with Gasteiger partial charge in [-0.3, -0.25) is 4.79 Å². The van der Waals surface area contributed by atoms with Crippen molar-refractivity contribution >= 4 is 11.0 Å². The number of hydrogen-bond donors (Lipinski definition) is 10. The second kappa shape index (κ2) is 11.1. The third-order valence-electron chi connectivity index (χ3n) is 7.15. The standard InChI is InChI=1S/C26H28O15/c27-6-16-20(35)21(36)25(41-26-22(37)19(34)14(33)7-38-26)24(40-16)18-12(31)4-11(30)17-13(32)5-15(39-23(17)18)8-1-2-9(28)10(29)3-8/h1-5,14,16,19-22,24-31,33-37H,6-7H2/t14-,16-,19+,20-,21+,22-,24+,25-,26+/m1/s1. The number of rotatable bonds is 5. The van der Waals surface area contributed by atoms with Crippen LogP contribution in [0.2, 0.25) is 0 Å². The van der Waals surface area contributed by atoms with Crippen LogP contribution in [0.3, 0.4) is 0 Å². The van der Waals surface area contributed by atoms with Crippen LogP contribution in [0.1, 0.15) is 11.7 Å². The van der Waals surface area contributed by atoms with E-state index in [4.69, 9.17) is 18.6 Å². The van der Waals surface area contributed by atoms with Gasteiger partial charge < -0.3 is 69.7 Å². The van der Waals surface area contributed by atoms with Crippen LogP contribution in [0.5, 0.6) is 23.0 Å². The fraction of sp³-hybridized carbons (Fsp3) is 0.423. The molecule has 0 amide bonds. The minimum atomic E-state index is -1.88. The Balaban J connectivity index is 1.67. The van der Waals surface area contributed by atoms with Crippen LogP contribution in [0.15, 0.2) is 39.5 Å². The molecule has 0 aliphatic carbocycles. The maximum absolute atomic E-state index is 13.1. The van der Waals surface area contributed by atoms with Crippen LogP contribution < -0.4 is 5.43 Å². The Morgan fingerprint density at radius 3 is 2.24 bits per heavy atom. The van der Waals surface area contributed by atoms with E-state index in [1.54, 1.807) is 0 Å². The quantitative estimate of drug-likeness (QED) is 0.150. The van der Waals surface area contributed by atoms with Gasteiger partial charge in [-0.15, -0.1) is 0 Å². The molecule has 0 unspecified atom stereocenters. The third kappa shape index (κ3) is 5.07. The van der Waals surface area contributed by atoms with Gasteiger partial charge >= 0.3 is 0 Å². The number of ether oxygens (including phenoxy) is 3. The van der Waals surface area contributed by atoms with E-state index in [1.165, 1.54) is 6.07 Å². The molecule has 10 N–H and O–H groups in total. The van der Waals surface area contributed by atoms with E-state index < -0.39 is 108 Å². The van der Waals surface area contributed by atoms with Crippen LogP contribution in [0, 0.1) is 0 Å². The molecule has 0 bridgehead atoms. The number of aromatic hydroxyl groups is 4. The molecule has 2 aliphatic heterocycles. The number of benzene rings is 2. The van der Waals surface area contributed by atoms with Gasteiger partial charge in [0.15, 0.2) is 28.8 Å². The molecule has 15 heteroatoms. The van der Waals surface area contributed by atoms with Crippen molar-refractivity contribution in [2.24, 2.45) is 0 Å². The first-order chi connectivity index (χ1) is 19.4. The highest BCUT2D eigenvalue weighted by Crippen LogP contribution is 2.45. The van der Waals surface area contributed by atoms with Crippen molar-refractivity contribution in [2.45, 2.75) is 55.1 Å². The lowest BCUT2D eigenvalue weighted by molar-refractivity contribution is -0.325. The summed E-state index contributed by atoms with van der Waals surface area (Å²) in [5.74, 6) is -2.57. The predicted octanol–water partition coefficient (Wildman–Crippen LogP) is -1.74. The molecule has 0 radical (unpaired) electrons. The largest absolute Gasteiger partial charge is 0.507 e. The monoisotopic (exact) mass is 580 g/mol. The lowest BCUT2D eigenvalue weighted by Gasteiger charge is -2.45. The normalized spacial score (nSPS) is 32.3. The predicted molar refractivity (Wildman–Crippen MR) is 134 cm³/mol. The molecule has 2 saturated heterocycles. The van der Waals surface area contributed by atoms with E-state index in [1.807, 2.05) is 0 Å². The van der Waals surface area contributed by atoms with Gasteiger partial charge in [0, 0.05) is 17.7 Å². The number of phenolic OH excluding ortho intramolecular Hbond substituents is 4. The molecule has 2 aliphatic rings. The van der Waals surface area contributed by atoms with Crippen molar-refractivity contribution < 1.29 is 69.7 Å². The molecular weight excluding hydrogens is 552 g/mol. The highest BCUT2D eigenvalue weighted by atomic mass is 16.7.